The van der Waals surface area contributed by atoms with E-state index in [4.69, 9.17) is 26.9 Å². The van der Waals surface area contributed by atoms with Crippen LogP contribution in [-0.4, -0.2) is 92.7 Å². The van der Waals surface area contributed by atoms with Crippen LogP contribution in [-0.2, 0) is 38.4 Å². The van der Waals surface area contributed by atoms with E-state index in [2.05, 4.69) is 21.3 Å². The van der Waals surface area contributed by atoms with E-state index < -0.39 is 109 Å². The van der Waals surface area contributed by atoms with Gasteiger partial charge in [-0.3, -0.25) is 38.4 Å². The quantitative estimate of drug-likeness (QED) is 0.0955. The number of ketones is 1. The third-order valence-electron chi connectivity index (χ3n) is 5.08. The van der Waals surface area contributed by atoms with Crippen LogP contribution in [0.4, 0.5) is 0 Å². The molecule has 0 aromatic carbocycles. The van der Waals surface area contributed by atoms with Crippen molar-refractivity contribution in [2.24, 2.45) is 5.92 Å². The molecule has 0 heterocycles. The van der Waals surface area contributed by atoms with Gasteiger partial charge in [0.05, 0.1) is 18.3 Å². The highest BCUT2D eigenvalue weighted by Gasteiger charge is 2.33. The number of nitrogens with one attached hydrogen (secondary N) is 4. The second kappa shape index (κ2) is 16.9. The number of hydrogen-bond donors (Lipinski definition) is 7. The molecule has 0 spiro atoms. The lowest BCUT2D eigenvalue weighted by Gasteiger charge is -2.27. The predicted octanol–water partition coefficient (Wildman–Crippen LogP) is -1.39. The largest absolute Gasteiger partial charge is 0.481 e. The van der Waals surface area contributed by atoms with Crippen LogP contribution in [0.2, 0.25) is 0 Å². The van der Waals surface area contributed by atoms with Crippen molar-refractivity contribution in [1.82, 2.24) is 21.3 Å². The smallest absolute Gasteiger partial charge is 0.305 e. The highest BCUT2D eigenvalue weighted by atomic mass is 35.5. The standard InChI is InChI=1S/C22H33ClN4O11/c1-10(2)19(22(38)25-12(15(29)9-23)4-6-16(30)31)27-20(36)13(5-7-17(32)33)26-21(37)14(8-18(34)35)24-11(3)28/h10,12-14,19H,4-9H2,1-3H3,(H,24,28)(H,25,38)(H,26,37)(H,27,36)(H,30,31)(H,32,33)(H,34,35). The Hall–Kier alpha value is -3.75. The molecule has 0 aromatic rings. The average Bonchev–Trinajstić information content (AvgIpc) is 2.80. The zero-order chi connectivity index (χ0) is 29.6. The summed E-state index contributed by atoms with van der Waals surface area (Å²) in [7, 11) is 0. The summed E-state index contributed by atoms with van der Waals surface area (Å²) in [6.07, 6.45) is -2.53. The minimum absolute atomic E-state index is 0.253. The van der Waals surface area contributed by atoms with E-state index in [1.165, 1.54) is 0 Å². The molecule has 7 N–H and O–H groups in total. The Labute approximate surface area is 223 Å². The number of carboxylic acid groups (broad SMARTS) is 3. The summed E-state index contributed by atoms with van der Waals surface area (Å²) in [5.74, 6) is -9.31. The van der Waals surface area contributed by atoms with Crippen LogP contribution < -0.4 is 21.3 Å². The number of carboxylic acids is 3. The Balaban J connectivity index is 5.78. The molecule has 16 heteroatoms. The average molecular weight is 565 g/mol. The maximum absolute atomic E-state index is 13.0. The zero-order valence-electron chi connectivity index (χ0n) is 21.1. The number of carbonyl (C=O) groups is 8. The van der Waals surface area contributed by atoms with Crippen LogP contribution in [0.3, 0.4) is 0 Å². The van der Waals surface area contributed by atoms with Gasteiger partial charge in [-0.05, 0) is 18.8 Å². The number of Topliss-reactive ketones (excluding diaryl/α,β-unsaturated/α-hetero) is 1. The second-order valence-electron chi connectivity index (χ2n) is 8.67. The minimum Gasteiger partial charge on any atom is -0.481 e. The lowest BCUT2D eigenvalue weighted by atomic mass is 10.00. The van der Waals surface area contributed by atoms with E-state index in [0.717, 1.165) is 6.92 Å². The Bertz CT molecular complexity index is 909. The summed E-state index contributed by atoms with van der Waals surface area (Å²) in [5.41, 5.74) is 0. The number of halogens is 1. The van der Waals surface area contributed by atoms with Crippen molar-refractivity contribution in [3.8, 4) is 0 Å². The molecule has 38 heavy (non-hydrogen) atoms. The van der Waals surface area contributed by atoms with Gasteiger partial charge in [-0.15, -0.1) is 11.6 Å². The van der Waals surface area contributed by atoms with Gasteiger partial charge < -0.3 is 36.6 Å². The molecule has 0 radical (unpaired) electrons. The Kier molecular flexibility index (Phi) is 15.2. The fourth-order valence-corrected chi connectivity index (χ4v) is 3.35. The van der Waals surface area contributed by atoms with Gasteiger partial charge in [0.25, 0.3) is 0 Å². The SMILES string of the molecule is CC(=O)NC(CC(=O)O)C(=O)NC(CCC(=O)O)C(=O)NC(C(=O)NC(CCC(=O)O)C(=O)CCl)C(C)C. The van der Waals surface area contributed by atoms with Gasteiger partial charge >= 0.3 is 17.9 Å². The lowest BCUT2D eigenvalue weighted by Crippen LogP contribution is -2.59. The third kappa shape index (κ3) is 13.5. The first kappa shape index (κ1) is 34.2. The highest BCUT2D eigenvalue weighted by molar-refractivity contribution is 6.28. The van der Waals surface area contributed by atoms with Gasteiger partial charge in [-0.25, -0.2) is 0 Å². The van der Waals surface area contributed by atoms with Gasteiger partial charge in [0.1, 0.15) is 18.1 Å². The molecule has 0 saturated carbocycles. The van der Waals surface area contributed by atoms with Gasteiger partial charge in [-0.2, -0.15) is 0 Å². The normalized spacial score (nSPS) is 13.8. The van der Waals surface area contributed by atoms with Crippen LogP contribution in [0.5, 0.6) is 0 Å². The van der Waals surface area contributed by atoms with Crippen molar-refractivity contribution >= 4 is 58.9 Å². The monoisotopic (exact) mass is 564 g/mol. The maximum atomic E-state index is 13.0. The molecular formula is C22H33ClN4O11. The van der Waals surface area contributed by atoms with E-state index in [1.807, 2.05) is 0 Å². The first-order valence-corrected chi connectivity index (χ1v) is 12.0. The molecule has 0 saturated heterocycles. The van der Waals surface area contributed by atoms with Crippen molar-refractivity contribution < 1.29 is 53.7 Å². The fraction of sp³-hybridized carbons (Fsp3) is 0.636. The van der Waals surface area contributed by atoms with Crippen LogP contribution in [0.1, 0.15) is 52.9 Å². The molecule has 4 amide bonds. The minimum atomic E-state index is -1.56. The Morgan fingerprint density at radius 1 is 0.658 bits per heavy atom. The van der Waals surface area contributed by atoms with Gasteiger partial charge in [0.2, 0.25) is 23.6 Å². The van der Waals surface area contributed by atoms with Crippen molar-refractivity contribution in [2.75, 3.05) is 5.88 Å². The number of aliphatic carboxylic acids is 3. The Morgan fingerprint density at radius 3 is 1.55 bits per heavy atom. The molecule has 0 aromatic heterocycles. The van der Waals surface area contributed by atoms with Crippen LogP contribution in [0.15, 0.2) is 0 Å². The highest BCUT2D eigenvalue weighted by Crippen LogP contribution is 2.08. The number of amides is 4. The van der Waals surface area contributed by atoms with E-state index in [1.54, 1.807) is 13.8 Å². The van der Waals surface area contributed by atoms with Crippen molar-refractivity contribution in [1.29, 1.82) is 0 Å². The molecule has 214 valence electrons. The van der Waals surface area contributed by atoms with Crippen molar-refractivity contribution in [3.05, 3.63) is 0 Å². The fourth-order valence-electron chi connectivity index (χ4n) is 3.16. The molecule has 0 bridgehead atoms. The number of carbonyl (C=O) groups excluding carboxylic acids is 5. The molecule has 4 atom stereocenters. The second-order valence-corrected chi connectivity index (χ2v) is 8.94. The van der Waals surface area contributed by atoms with Gasteiger partial charge in [0, 0.05) is 19.8 Å². The maximum Gasteiger partial charge on any atom is 0.305 e. The van der Waals surface area contributed by atoms with Crippen molar-refractivity contribution in [3.63, 3.8) is 0 Å². The molecule has 0 rings (SSSR count). The van der Waals surface area contributed by atoms with E-state index >= 15 is 0 Å². The number of alkyl halides is 1. The number of hydrogen-bond acceptors (Lipinski definition) is 8. The molecule has 4 unspecified atom stereocenters. The Morgan fingerprint density at radius 2 is 1.13 bits per heavy atom. The summed E-state index contributed by atoms with van der Waals surface area (Å²) in [6, 6.07) is -5.64. The van der Waals surface area contributed by atoms with Crippen molar-refractivity contribution in [2.45, 2.75) is 77.0 Å². The first-order chi connectivity index (χ1) is 17.6. The topological polar surface area (TPSA) is 245 Å². The van der Waals surface area contributed by atoms with Crippen LogP contribution in [0, 0.1) is 5.92 Å². The molecule has 0 aliphatic heterocycles. The van der Waals surface area contributed by atoms with Crippen LogP contribution in [0.25, 0.3) is 0 Å². The summed E-state index contributed by atoms with van der Waals surface area (Å²) in [6.45, 7) is 4.14. The summed E-state index contributed by atoms with van der Waals surface area (Å²) in [5, 5.41) is 36.0. The van der Waals surface area contributed by atoms with E-state index in [0.29, 0.717) is 0 Å². The van der Waals surface area contributed by atoms with Gasteiger partial charge in [0.15, 0.2) is 5.78 Å². The van der Waals surface area contributed by atoms with Crippen LogP contribution >= 0.6 is 11.6 Å². The lowest BCUT2D eigenvalue weighted by molar-refractivity contribution is -0.141. The molecule has 0 fully saturated rings. The third-order valence-corrected chi connectivity index (χ3v) is 5.35. The molecule has 0 aliphatic rings. The van der Waals surface area contributed by atoms with E-state index in [9.17, 15) is 38.4 Å². The molecular weight excluding hydrogens is 532 g/mol. The van der Waals surface area contributed by atoms with Gasteiger partial charge in [-0.1, -0.05) is 13.8 Å². The zero-order valence-corrected chi connectivity index (χ0v) is 21.9. The first-order valence-electron chi connectivity index (χ1n) is 11.5. The number of rotatable bonds is 18. The summed E-state index contributed by atoms with van der Waals surface area (Å²) < 4.78 is 0. The predicted molar refractivity (Wildman–Crippen MR) is 130 cm³/mol. The summed E-state index contributed by atoms with van der Waals surface area (Å²) >= 11 is 5.54. The molecule has 15 nitrogen and oxygen atoms in total. The summed E-state index contributed by atoms with van der Waals surface area (Å²) in [4.78, 5) is 95.0. The molecule has 0 aliphatic carbocycles. The van der Waals surface area contributed by atoms with E-state index in [-0.39, 0.29) is 6.42 Å².